The van der Waals surface area contributed by atoms with Crippen molar-refractivity contribution in [2.24, 2.45) is 5.92 Å². The molecule has 0 bridgehead atoms. The van der Waals surface area contributed by atoms with E-state index in [2.05, 4.69) is 16.0 Å². The van der Waals surface area contributed by atoms with Gasteiger partial charge in [-0.05, 0) is 67.8 Å². The van der Waals surface area contributed by atoms with E-state index in [1.807, 2.05) is 43.3 Å². The van der Waals surface area contributed by atoms with Gasteiger partial charge in [-0.2, -0.15) is 0 Å². The van der Waals surface area contributed by atoms with Gasteiger partial charge in [-0.1, -0.05) is 36.4 Å². The number of ether oxygens (including phenoxy) is 3. The zero-order chi connectivity index (χ0) is 34.6. The molecule has 12 nitrogen and oxygen atoms in total. The second-order valence-electron chi connectivity index (χ2n) is 11.3. The number of methoxy groups -OCH3 is 1. The maximum absolute atomic E-state index is 12.9. The SMILES string of the molecule is CCOC(=O)CCC(=O)N1CC(C(=O)OCC)C(c2ccc(NC(=O)Cc3ccc(NC(=O)Nc4ccccc4C)c(OC)c3)cc2)C1. The lowest BCUT2D eigenvalue weighted by Crippen LogP contribution is -2.30. The van der Waals surface area contributed by atoms with Crippen LogP contribution in [0.1, 0.15) is 49.3 Å². The molecule has 0 saturated carbocycles. The molecule has 1 aliphatic rings. The van der Waals surface area contributed by atoms with Crippen molar-refractivity contribution in [1.82, 2.24) is 4.90 Å². The Morgan fingerprint density at radius 1 is 0.812 bits per heavy atom. The molecule has 4 amide bonds. The number of esters is 2. The highest BCUT2D eigenvalue weighted by Crippen LogP contribution is 2.35. The molecule has 0 spiro atoms. The van der Waals surface area contributed by atoms with Crippen molar-refractivity contribution >= 4 is 46.8 Å². The summed E-state index contributed by atoms with van der Waals surface area (Å²) < 4.78 is 15.7. The van der Waals surface area contributed by atoms with E-state index < -0.39 is 17.9 Å². The number of carbonyl (C=O) groups is 5. The maximum Gasteiger partial charge on any atom is 0.323 e. The molecule has 1 fully saturated rings. The van der Waals surface area contributed by atoms with Gasteiger partial charge in [0.25, 0.3) is 0 Å². The average molecular weight is 659 g/mol. The first-order chi connectivity index (χ1) is 23.1. The number of rotatable bonds is 13. The fourth-order valence-corrected chi connectivity index (χ4v) is 5.58. The topological polar surface area (TPSA) is 152 Å². The summed E-state index contributed by atoms with van der Waals surface area (Å²) in [7, 11) is 1.49. The van der Waals surface area contributed by atoms with E-state index in [1.165, 1.54) is 7.11 Å². The summed E-state index contributed by atoms with van der Waals surface area (Å²) in [5.41, 5.74) is 4.15. The Morgan fingerprint density at radius 2 is 1.52 bits per heavy atom. The van der Waals surface area contributed by atoms with E-state index in [-0.39, 0.29) is 62.7 Å². The highest BCUT2D eigenvalue weighted by molar-refractivity contribution is 6.01. The van der Waals surface area contributed by atoms with Crippen LogP contribution in [0.4, 0.5) is 21.9 Å². The Labute approximate surface area is 280 Å². The number of nitrogens with zero attached hydrogens (tertiary/aromatic N) is 1. The first-order valence-corrected chi connectivity index (χ1v) is 15.9. The Kier molecular flexibility index (Phi) is 12.5. The third-order valence-corrected chi connectivity index (χ3v) is 8.00. The summed E-state index contributed by atoms with van der Waals surface area (Å²) in [5.74, 6) is -1.76. The van der Waals surface area contributed by atoms with Gasteiger partial charge in [-0.3, -0.25) is 19.2 Å². The summed E-state index contributed by atoms with van der Waals surface area (Å²) in [6.07, 6.45) is 0.0382. The van der Waals surface area contributed by atoms with Crippen molar-refractivity contribution < 1.29 is 38.2 Å². The van der Waals surface area contributed by atoms with Crippen LogP contribution >= 0.6 is 0 Å². The smallest absolute Gasteiger partial charge is 0.323 e. The largest absolute Gasteiger partial charge is 0.495 e. The third kappa shape index (κ3) is 9.57. The number of likely N-dealkylation sites (tertiary alicyclic amines) is 1. The Bertz CT molecular complexity index is 1620. The molecule has 3 aromatic carbocycles. The molecule has 2 atom stereocenters. The van der Waals surface area contributed by atoms with E-state index in [4.69, 9.17) is 14.2 Å². The van der Waals surface area contributed by atoms with Gasteiger partial charge in [0.05, 0.1) is 44.8 Å². The van der Waals surface area contributed by atoms with Crippen LogP contribution in [0, 0.1) is 12.8 Å². The second kappa shape index (κ2) is 17.0. The maximum atomic E-state index is 12.9. The molecule has 0 aliphatic carbocycles. The minimum atomic E-state index is -0.557. The summed E-state index contributed by atoms with van der Waals surface area (Å²) >= 11 is 0. The number of nitrogens with one attached hydrogen (secondary N) is 3. The highest BCUT2D eigenvalue weighted by Gasteiger charge is 2.41. The van der Waals surface area contributed by atoms with Crippen molar-refractivity contribution in [1.29, 1.82) is 0 Å². The van der Waals surface area contributed by atoms with Gasteiger partial charge >= 0.3 is 18.0 Å². The van der Waals surface area contributed by atoms with Crippen LogP contribution in [0.15, 0.2) is 66.7 Å². The molecule has 0 aromatic heterocycles. The van der Waals surface area contributed by atoms with E-state index >= 15 is 0 Å². The zero-order valence-corrected chi connectivity index (χ0v) is 27.7. The van der Waals surface area contributed by atoms with E-state index in [1.54, 1.807) is 49.1 Å². The lowest BCUT2D eigenvalue weighted by molar-refractivity contribution is -0.148. The van der Waals surface area contributed by atoms with Crippen molar-refractivity contribution in [2.75, 3.05) is 49.4 Å². The Balaban J connectivity index is 1.36. The molecule has 3 aromatic rings. The van der Waals surface area contributed by atoms with Gasteiger partial charge in [-0.25, -0.2) is 4.79 Å². The monoisotopic (exact) mass is 658 g/mol. The molecule has 1 saturated heterocycles. The summed E-state index contributed by atoms with van der Waals surface area (Å²) in [6, 6.07) is 19.3. The van der Waals surface area contributed by atoms with Crippen LogP contribution in [0.5, 0.6) is 5.75 Å². The fourth-order valence-electron chi connectivity index (χ4n) is 5.58. The summed E-state index contributed by atoms with van der Waals surface area (Å²) in [4.78, 5) is 64.5. The van der Waals surface area contributed by atoms with Gasteiger partial charge in [0.1, 0.15) is 5.75 Å². The van der Waals surface area contributed by atoms with E-state index in [0.717, 1.165) is 11.1 Å². The first-order valence-electron chi connectivity index (χ1n) is 15.9. The molecule has 3 N–H and O–H groups in total. The molecule has 0 radical (unpaired) electrons. The minimum Gasteiger partial charge on any atom is -0.495 e. The lowest BCUT2D eigenvalue weighted by atomic mass is 9.89. The van der Waals surface area contributed by atoms with Crippen molar-refractivity contribution in [3.05, 3.63) is 83.4 Å². The van der Waals surface area contributed by atoms with Gasteiger partial charge in [0.15, 0.2) is 0 Å². The quantitative estimate of drug-likeness (QED) is 0.210. The number of anilines is 3. The van der Waals surface area contributed by atoms with Crippen LogP contribution in [-0.4, -0.2) is 68.1 Å². The number of hydrogen-bond donors (Lipinski definition) is 3. The molecule has 12 heteroatoms. The molecular formula is C36H42N4O8. The van der Waals surface area contributed by atoms with E-state index in [0.29, 0.717) is 34.9 Å². The standard InChI is InChI=1S/C36H42N4O8/c1-5-47-34(43)18-17-33(42)40-21-27(28(22-40)35(44)48-6-2)25-12-14-26(15-13-25)37-32(41)20-24-11-16-30(31(19-24)46-4)39-36(45)38-29-10-8-7-9-23(29)3/h7-16,19,27-28H,5-6,17-18,20-22H2,1-4H3,(H,37,41)(H2,38,39,45). The van der Waals surface area contributed by atoms with Crippen molar-refractivity contribution in [3.8, 4) is 5.75 Å². The third-order valence-electron chi connectivity index (χ3n) is 8.00. The highest BCUT2D eigenvalue weighted by atomic mass is 16.5. The molecular weight excluding hydrogens is 616 g/mol. The molecule has 2 unspecified atom stereocenters. The van der Waals surface area contributed by atoms with Crippen LogP contribution in [0.25, 0.3) is 0 Å². The van der Waals surface area contributed by atoms with Crippen LogP contribution in [-0.2, 0) is 35.1 Å². The number of hydrogen-bond acceptors (Lipinski definition) is 8. The van der Waals surface area contributed by atoms with Gasteiger partial charge in [0.2, 0.25) is 11.8 Å². The fraction of sp³-hybridized carbons (Fsp3) is 0.361. The van der Waals surface area contributed by atoms with Gasteiger partial charge in [-0.15, -0.1) is 0 Å². The summed E-state index contributed by atoms with van der Waals surface area (Å²) in [6.45, 7) is 6.30. The predicted molar refractivity (Wildman–Crippen MR) is 181 cm³/mol. The molecule has 4 rings (SSSR count). The van der Waals surface area contributed by atoms with Crippen molar-refractivity contribution in [3.63, 3.8) is 0 Å². The van der Waals surface area contributed by atoms with Crippen LogP contribution in [0.3, 0.4) is 0 Å². The predicted octanol–water partition coefficient (Wildman–Crippen LogP) is 5.28. The first kappa shape index (κ1) is 35.5. The van der Waals surface area contributed by atoms with E-state index in [9.17, 15) is 24.0 Å². The number of carbonyl (C=O) groups excluding carboxylic acids is 5. The number of amides is 4. The zero-order valence-electron chi connectivity index (χ0n) is 27.7. The number of aryl methyl sites for hydroxylation is 1. The van der Waals surface area contributed by atoms with Crippen molar-refractivity contribution in [2.45, 2.75) is 46.0 Å². The van der Waals surface area contributed by atoms with Gasteiger partial charge in [0, 0.05) is 36.8 Å². The molecule has 48 heavy (non-hydrogen) atoms. The Morgan fingerprint density at radius 3 is 2.21 bits per heavy atom. The van der Waals surface area contributed by atoms with Crippen LogP contribution in [0.2, 0.25) is 0 Å². The lowest BCUT2D eigenvalue weighted by Gasteiger charge is -2.17. The second-order valence-corrected chi connectivity index (χ2v) is 11.3. The van der Waals surface area contributed by atoms with Gasteiger partial charge < -0.3 is 35.1 Å². The molecule has 254 valence electrons. The molecule has 1 aliphatic heterocycles. The number of benzene rings is 3. The minimum absolute atomic E-state index is 0.000489. The average Bonchev–Trinajstić information content (AvgIpc) is 3.52. The molecule has 1 heterocycles. The van der Waals surface area contributed by atoms with Crippen LogP contribution < -0.4 is 20.7 Å². The number of para-hydroxylation sites is 1. The Hall–Kier alpha value is -5.39. The normalized spacial score (nSPS) is 15.3. The number of urea groups is 1. The summed E-state index contributed by atoms with van der Waals surface area (Å²) in [5, 5.41) is 8.48.